The largest absolute Gasteiger partial charge is 0.489 e. The predicted octanol–water partition coefficient (Wildman–Crippen LogP) is 1.60. The predicted molar refractivity (Wildman–Crippen MR) is 58.4 cm³/mol. The van der Waals surface area contributed by atoms with Gasteiger partial charge in [-0.3, -0.25) is 4.55 Å². The van der Waals surface area contributed by atoms with Crippen molar-refractivity contribution in [3.63, 3.8) is 0 Å². The first kappa shape index (κ1) is 11.7. The molecule has 0 radical (unpaired) electrons. The fraction of sp³-hybridized carbons (Fsp3) is 0.200. The number of para-hydroxylation sites is 1. The summed E-state index contributed by atoms with van der Waals surface area (Å²) < 4.78 is 31.2. The van der Waals surface area contributed by atoms with E-state index in [2.05, 4.69) is 6.08 Å². The molecule has 0 fully saturated rings. The summed E-state index contributed by atoms with van der Waals surface area (Å²) >= 11 is 0. The third-order valence-electron chi connectivity index (χ3n) is 1.55. The molecule has 0 saturated carbocycles. The van der Waals surface area contributed by atoms with Crippen molar-refractivity contribution >= 4 is 16.2 Å². The third kappa shape index (κ3) is 5.19. The number of rotatable bonds is 0. The lowest BCUT2D eigenvalue weighted by molar-refractivity contribution is 0.358. The molecule has 0 amide bonds. The highest BCUT2D eigenvalue weighted by atomic mass is 32.2. The summed E-state index contributed by atoms with van der Waals surface area (Å²) in [5.41, 5.74) is 1.17. The van der Waals surface area contributed by atoms with E-state index in [-0.39, 0.29) is 0 Å². The zero-order valence-electron chi connectivity index (χ0n) is 8.25. The van der Waals surface area contributed by atoms with Gasteiger partial charge in [0.15, 0.2) is 0 Å². The Morgan fingerprint density at radius 2 is 1.93 bits per heavy atom. The minimum absolute atomic E-state index is 0.705. The van der Waals surface area contributed by atoms with E-state index in [9.17, 15) is 8.42 Å². The molecule has 82 valence electrons. The molecule has 1 heterocycles. The van der Waals surface area contributed by atoms with Crippen LogP contribution in [0.2, 0.25) is 0 Å². The zero-order valence-corrected chi connectivity index (χ0v) is 9.07. The number of hydrogen-bond donors (Lipinski definition) is 1. The second-order valence-corrected chi connectivity index (χ2v) is 4.45. The Balaban J connectivity index is 0.000000195. The van der Waals surface area contributed by atoms with Crippen LogP contribution in [0.5, 0.6) is 5.75 Å². The summed E-state index contributed by atoms with van der Waals surface area (Å²) in [5, 5.41) is 0. The molecule has 2 rings (SSSR count). The van der Waals surface area contributed by atoms with E-state index in [0.29, 0.717) is 12.9 Å². The standard InChI is InChI=1S/C9H8O.CH4O3S/c1-2-6-9-8(4-1)5-3-7-10-9;1-5(2,3)4/h1-6H,7H2;1H3,(H,2,3,4). The molecular weight excluding hydrogens is 216 g/mol. The monoisotopic (exact) mass is 228 g/mol. The highest BCUT2D eigenvalue weighted by Gasteiger charge is 2.01. The van der Waals surface area contributed by atoms with E-state index >= 15 is 0 Å². The normalized spacial score (nSPS) is 13.2. The number of benzene rings is 1. The summed E-state index contributed by atoms with van der Waals surface area (Å²) in [4.78, 5) is 0. The maximum Gasteiger partial charge on any atom is 0.261 e. The van der Waals surface area contributed by atoms with Crippen LogP contribution in [0.15, 0.2) is 30.3 Å². The first-order valence-corrected chi connectivity index (χ1v) is 6.12. The van der Waals surface area contributed by atoms with Crippen molar-refractivity contribution in [2.24, 2.45) is 0 Å². The average molecular weight is 228 g/mol. The van der Waals surface area contributed by atoms with E-state index in [1.165, 1.54) is 5.56 Å². The smallest absolute Gasteiger partial charge is 0.261 e. The van der Waals surface area contributed by atoms with E-state index in [4.69, 9.17) is 9.29 Å². The van der Waals surface area contributed by atoms with Gasteiger partial charge in [-0.05, 0) is 12.1 Å². The quantitative estimate of drug-likeness (QED) is 0.685. The summed E-state index contributed by atoms with van der Waals surface area (Å²) in [7, 11) is -3.67. The van der Waals surface area contributed by atoms with Crippen LogP contribution < -0.4 is 4.74 Å². The SMILES string of the molecule is C1=Cc2ccccc2OC1.CS(=O)(=O)O. The van der Waals surface area contributed by atoms with Crippen molar-refractivity contribution < 1.29 is 17.7 Å². The van der Waals surface area contributed by atoms with Crippen molar-refractivity contribution in [2.75, 3.05) is 12.9 Å². The van der Waals surface area contributed by atoms with Gasteiger partial charge in [-0.1, -0.05) is 24.3 Å². The molecule has 5 heteroatoms. The van der Waals surface area contributed by atoms with Crippen LogP contribution in [0.25, 0.3) is 6.08 Å². The van der Waals surface area contributed by atoms with Crippen molar-refractivity contribution in [3.05, 3.63) is 35.9 Å². The molecule has 0 aromatic heterocycles. The van der Waals surface area contributed by atoms with Gasteiger partial charge in [-0.2, -0.15) is 8.42 Å². The van der Waals surface area contributed by atoms with Gasteiger partial charge in [0.2, 0.25) is 0 Å². The Hall–Kier alpha value is -1.33. The Labute approximate surface area is 88.9 Å². The van der Waals surface area contributed by atoms with Crippen LogP contribution in [0.1, 0.15) is 5.56 Å². The van der Waals surface area contributed by atoms with Crippen molar-refractivity contribution in [2.45, 2.75) is 0 Å². The van der Waals surface area contributed by atoms with Crippen LogP contribution in [0.4, 0.5) is 0 Å². The van der Waals surface area contributed by atoms with Gasteiger partial charge in [0, 0.05) is 5.56 Å². The van der Waals surface area contributed by atoms with Crippen LogP contribution >= 0.6 is 0 Å². The topological polar surface area (TPSA) is 63.6 Å². The minimum Gasteiger partial charge on any atom is -0.489 e. The average Bonchev–Trinajstić information content (AvgIpc) is 2.16. The highest BCUT2D eigenvalue weighted by molar-refractivity contribution is 7.85. The summed E-state index contributed by atoms with van der Waals surface area (Å²) in [5.74, 6) is 0.991. The lowest BCUT2D eigenvalue weighted by atomic mass is 10.1. The minimum atomic E-state index is -3.67. The van der Waals surface area contributed by atoms with Gasteiger partial charge in [-0.25, -0.2) is 0 Å². The molecule has 4 nitrogen and oxygen atoms in total. The summed E-state index contributed by atoms with van der Waals surface area (Å²) in [6, 6.07) is 8.03. The molecule has 0 unspecified atom stereocenters. The van der Waals surface area contributed by atoms with E-state index in [1.807, 2.05) is 30.3 Å². The van der Waals surface area contributed by atoms with Gasteiger partial charge in [0.25, 0.3) is 10.1 Å². The van der Waals surface area contributed by atoms with Gasteiger partial charge >= 0.3 is 0 Å². The number of hydrogen-bond acceptors (Lipinski definition) is 3. The third-order valence-corrected chi connectivity index (χ3v) is 1.55. The molecule has 1 aliphatic heterocycles. The molecular formula is C10H12O4S. The molecule has 0 bridgehead atoms. The highest BCUT2D eigenvalue weighted by Crippen LogP contribution is 2.21. The van der Waals surface area contributed by atoms with Crippen molar-refractivity contribution in [1.29, 1.82) is 0 Å². The Bertz CT molecular complexity index is 440. The fourth-order valence-electron chi connectivity index (χ4n) is 1.06. The van der Waals surface area contributed by atoms with Crippen LogP contribution in [-0.4, -0.2) is 25.8 Å². The number of ether oxygens (including phenoxy) is 1. The van der Waals surface area contributed by atoms with Gasteiger partial charge in [0.1, 0.15) is 12.4 Å². The summed E-state index contributed by atoms with van der Waals surface area (Å²) in [6.07, 6.45) is 4.81. The second kappa shape index (κ2) is 4.95. The molecule has 1 aromatic carbocycles. The molecule has 0 saturated heterocycles. The maximum absolute atomic E-state index is 9.19. The Morgan fingerprint density at radius 1 is 1.33 bits per heavy atom. The van der Waals surface area contributed by atoms with Gasteiger partial charge in [-0.15, -0.1) is 0 Å². The van der Waals surface area contributed by atoms with Crippen molar-refractivity contribution in [1.82, 2.24) is 0 Å². The van der Waals surface area contributed by atoms with Crippen LogP contribution in [0, 0.1) is 0 Å². The lowest BCUT2D eigenvalue weighted by Gasteiger charge is -2.10. The number of fused-ring (bicyclic) bond motifs is 1. The molecule has 0 atom stereocenters. The van der Waals surface area contributed by atoms with Gasteiger partial charge in [0.05, 0.1) is 6.26 Å². The summed E-state index contributed by atoms with van der Waals surface area (Å²) in [6.45, 7) is 0.705. The molecule has 0 spiro atoms. The molecule has 1 aliphatic rings. The van der Waals surface area contributed by atoms with Crippen molar-refractivity contribution in [3.8, 4) is 5.75 Å². The first-order chi connectivity index (χ1) is 6.97. The lowest BCUT2D eigenvalue weighted by Crippen LogP contribution is -1.98. The zero-order chi connectivity index (χ0) is 11.3. The Morgan fingerprint density at radius 3 is 2.53 bits per heavy atom. The first-order valence-electron chi connectivity index (χ1n) is 4.27. The second-order valence-electron chi connectivity index (χ2n) is 2.98. The van der Waals surface area contributed by atoms with Crippen LogP contribution in [-0.2, 0) is 10.1 Å². The van der Waals surface area contributed by atoms with E-state index in [1.54, 1.807) is 0 Å². The molecule has 1 N–H and O–H groups in total. The van der Waals surface area contributed by atoms with E-state index in [0.717, 1.165) is 5.75 Å². The van der Waals surface area contributed by atoms with E-state index < -0.39 is 10.1 Å². The molecule has 15 heavy (non-hydrogen) atoms. The molecule has 0 aliphatic carbocycles. The Kier molecular flexibility index (Phi) is 3.88. The molecule has 1 aromatic rings. The maximum atomic E-state index is 9.19. The van der Waals surface area contributed by atoms with Gasteiger partial charge < -0.3 is 4.74 Å². The van der Waals surface area contributed by atoms with Crippen LogP contribution in [0.3, 0.4) is 0 Å². The fourth-order valence-corrected chi connectivity index (χ4v) is 1.06.